The van der Waals surface area contributed by atoms with E-state index in [0.717, 1.165) is 23.2 Å². The summed E-state index contributed by atoms with van der Waals surface area (Å²) < 4.78 is 7.61. The van der Waals surface area contributed by atoms with Crippen LogP contribution in [0.5, 0.6) is 5.75 Å². The Morgan fingerprint density at radius 3 is 3.07 bits per heavy atom. The van der Waals surface area contributed by atoms with Crippen LogP contribution in [-0.2, 0) is 7.05 Å². The maximum absolute atomic E-state index is 5.74. The molecule has 2 aromatic rings. The minimum Gasteiger partial charge on any atom is -0.491 e. The van der Waals surface area contributed by atoms with Gasteiger partial charge in [0.05, 0.1) is 17.1 Å². The van der Waals surface area contributed by atoms with Crippen LogP contribution < -0.4 is 4.74 Å². The predicted molar refractivity (Wildman–Crippen MR) is 59.9 cm³/mol. The highest BCUT2D eigenvalue weighted by atomic mass is 16.5. The Labute approximate surface area is 89.7 Å². The lowest BCUT2D eigenvalue weighted by atomic mass is 10.2. The number of ether oxygens (including phenoxy) is 1. The molecule has 1 aromatic carbocycles. The van der Waals surface area contributed by atoms with Crippen LogP contribution in [0.1, 0.15) is 20.3 Å². The number of nitrogens with zero attached hydrogens (tertiary/aromatic N) is 2. The SMILES string of the molecule is CCC(C)Oc1ccc2n[c]n(C)c2c1. The van der Waals surface area contributed by atoms with Gasteiger partial charge in [0.2, 0.25) is 0 Å². The summed E-state index contributed by atoms with van der Waals surface area (Å²) in [6.45, 7) is 4.18. The highest BCUT2D eigenvalue weighted by molar-refractivity contribution is 5.76. The second-order valence-electron chi connectivity index (χ2n) is 3.76. The minimum atomic E-state index is 0.250. The number of hydrogen-bond donors (Lipinski definition) is 0. The van der Waals surface area contributed by atoms with E-state index in [0.29, 0.717) is 0 Å². The lowest BCUT2D eigenvalue weighted by Gasteiger charge is -2.12. The number of rotatable bonds is 3. The summed E-state index contributed by atoms with van der Waals surface area (Å²) in [7, 11) is 1.93. The van der Waals surface area contributed by atoms with Gasteiger partial charge in [-0.15, -0.1) is 0 Å². The zero-order valence-corrected chi connectivity index (χ0v) is 9.32. The van der Waals surface area contributed by atoms with E-state index in [1.165, 1.54) is 0 Å². The van der Waals surface area contributed by atoms with Gasteiger partial charge in [0, 0.05) is 13.1 Å². The van der Waals surface area contributed by atoms with Crippen molar-refractivity contribution in [3.63, 3.8) is 0 Å². The number of imidazole rings is 1. The molecule has 0 saturated heterocycles. The van der Waals surface area contributed by atoms with Crippen molar-refractivity contribution < 1.29 is 4.74 Å². The smallest absolute Gasteiger partial charge is 0.177 e. The van der Waals surface area contributed by atoms with Crippen molar-refractivity contribution in [1.29, 1.82) is 0 Å². The zero-order chi connectivity index (χ0) is 10.8. The summed E-state index contributed by atoms with van der Waals surface area (Å²) >= 11 is 0. The van der Waals surface area contributed by atoms with Crippen molar-refractivity contribution in [2.24, 2.45) is 7.05 Å². The lowest BCUT2D eigenvalue weighted by molar-refractivity contribution is 0.217. The molecule has 0 fully saturated rings. The van der Waals surface area contributed by atoms with Crippen LogP contribution >= 0.6 is 0 Å². The van der Waals surface area contributed by atoms with E-state index >= 15 is 0 Å². The largest absolute Gasteiger partial charge is 0.491 e. The van der Waals surface area contributed by atoms with Crippen LogP contribution in [0.3, 0.4) is 0 Å². The van der Waals surface area contributed by atoms with Gasteiger partial charge in [-0.3, -0.25) is 0 Å². The highest BCUT2D eigenvalue weighted by Crippen LogP contribution is 2.20. The highest BCUT2D eigenvalue weighted by Gasteiger charge is 2.04. The molecular formula is C12H15N2O. The van der Waals surface area contributed by atoms with Crippen molar-refractivity contribution in [3.8, 4) is 5.75 Å². The monoisotopic (exact) mass is 203 g/mol. The van der Waals surface area contributed by atoms with Gasteiger partial charge in [-0.25, -0.2) is 4.98 Å². The Morgan fingerprint density at radius 2 is 2.33 bits per heavy atom. The molecule has 1 radical (unpaired) electrons. The fraction of sp³-hybridized carbons (Fsp3) is 0.417. The van der Waals surface area contributed by atoms with Crippen LogP contribution in [0.2, 0.25) is 0 Å². The topological polar surface area (TPSA) is 27.1 Å². The molecule has 1 heterocycles. The van der Waals surface area contributed by atoms with Gasteiger partial charge in [-0.1, -0.05) is 6.92 Å². The first-order valence-electron chi connectivity index (χ1n) is 5.21. The summed E-state index contributed by atoms with van der Waals surface area (Å²) in [5, 5.41) is 0. The predicted octanol–water partition coefficient (Wildman–Crippen LogP) is 2.55. The maximum Gasteiger partial charge on any atom is 0.177 e. The van der Waals surface area contributed by atoms with Gasteiger partial charge in [-0.2, -0.15) is 0 Å². The summed E-state index contributed by atoms with van der Waals surface area (Å²) in [6.07, 6.45) is 4.14. The second-order valence-corrected chi connectivity index (χ2v) is 3.76. The third-order valence-electron chi connectivity index (χ3n) is 2.54. The first-order valence-corrected chi connectivity index (χ1v) is 5.21. The molecule has 0 aliphatic heterocycles. The fourth-order valence-electron chi connectivity index (χ4n) is 1.44. The van der Waals surface area contributed by atoms with Crippen molar-refractivity contribution in [3.05, 3.63) is 24.5 Å². The van der Waals surface area contributed by atoms with Crippen LogP contribution in [0.4, 0.5) is 0 Å². The molecule has 0 aliphatic carbocycles. The quantitative estimate of drug-likeness (QED) is 0.766. The van der Waals surface area contributed by atoms with Gasteiger partial charge in [-0.05, 0) is 25.5 Å². The Balaban J connectivity index is 2.33. The molecule has 1 aromatic heterocycles. The maximum atomic E-state index is 5.74. The van der Waals surface area contributed by atoms with E-state index in [2.05, 4.69) is 25.2 Å². The van der Waals surface area contributed by atoms with E-state index < -0.39 is 0 Å². The molecule has 0 amide bonds. The summed E-state index contributed by atoms with van der Waals surface area (Å²) in [5.41, 5.74) is 2.00. The Hall–Kier alpha value is -1.51. The van der Waals surface area contributed by atoms with Gasteiger partial charge in [0.25, 0.3) is 0 Å². The minimum absolute atomic E-state index is 0.250. The third kappa shape index (κ3) is 1.96. The first-order chi connectivity index (χ1) is 7.20. The zero-order valence-electron chi connectivity index (χ0n) is 9.32. The molecule has 0 N–H and O–H groups in total. The first kappa shape index (κ1) is 10.0. The summed E-state index contributed by atoms with van der Waals surface area (Å²) in [5.74, 6) is 0.897. The molecule has 0 bridgehead atoms. The van der Waals surface area contributed by atoms with Gasteiger partial charge < -0.3 is 9.30 Å². The molecule has 1 atom stereocenters. The molecule has 1 unspecified atom stereocenters. The Morgan fingerprint density at radius 1 is 1.53 bits per heavy atom. The number of aryl methyl sites for hydroxylation is 1. The molecule has 0 aliphatic rings. The standard InChI is InChI=1S/C12H15N2O/c1-4-9(2)15-10-5-6-11-12(7-10)14(3)8-13-11/h5-7,9H,4H2,1-3H3. The molecule has 3 heteroatoms. The van der Waals surface area contributed by atoms with E-state index in [9.17, 15) is 0 Å². The van der Waals surface area contributed by atoms with Crippen molar-refractivity contribution in [2.75, 3.05) is 0 Å². The molecular weight excluding hydrogens is 188 g/mol. The molecule has 3 nitrogen and oxygen atoms in total. The number of benzene rings is 1. The van der Waals surface area contributed by atoms with Crippen molar-refractivity contribution in [1.82, 2.24) is 9.55 Å². The normalized spacial score (nSPS) is 13.0. The molecule has 15 heavy (non-hydrogen) atoms. The fourth-order valence-corrected chi connectivity index (χ4v) is 1.44. The molecule has 0 saturated carbocycles. The van der Waals surface area contributed by atoms with Crippen LogP contribution in [0, 0.1) is 6.33 Å². The molecule has 0 spiro atoms. The number of hydrogen-bond acceptors (Lipinski definition) is 2. The second kappa shape index (κ2) is 3.93. The number of fused-ring (bicyclic) bond motifs is 1. The van der Waals surface area contributed by atoms with Gasteiger partial charge in [0.15, 0.2) is 6.33 Å². The lowest BCUT2D eigenvalue weighted by Crippen LogP contribution is -2.09. The Bertz CT molecular complexity index is 462. The molecule has 79 valence electrons. The van der Waals surface area contributed by atoms with Crippen LogP contribution in [0.15, 0.2) is 18.2 Å². The average molecular weight is 203 g/mol. The average Bonchev–Trinajstić information content (AvgIpc) is 2.60. The van der Waals surface area contributed by atoms with E-state index in [1.54, 1.807) is 0 Å². The van der Waals surface area contributed by atoms with Crippen molar-refractivity contribution in [2.45, 2.75) is 26.4 Å². The van der Waals surface area contributed by atoms with E-state index in [1.807, 2.05) is 29.8 Å². The van der Waals surface area contributed by atoms with E-state index in [-0.39, 0.29) is 6.10 Å². The van der Waals surface area contributed by atoms with E-state index in [4.69, 9.17) is 4.74 Å². The van der Waals surface area contributed by atoms with Crippen LogP contribution in [0.25, 0.3) is 11.0 Å². The van der Waals surface area contributed by atoms with Gasteiger partial charge in [0.1, 0.15) is 5.75 Å². The summed E-state index contributed by atoms with van der Waals surface area (Å²) in [4.78, 5) is 4.14. The number of aromatic nitrogens is 2. The molecule has 2 rings (SSSR count). The summed E-state index contributed by atoms with van der Waals surface area (Å²) in [6, 6.07) is 5.92. The van der Waals surface area contributed by atoms with Gasteiger partial charge >= 0.3 is 0 Å². The van der Waals surface area contributed by atoms with Crippen molar-refractivity contribution >= 4 is 11.0 Å². The van der Waals surface area contributed by atoms with Crippen LogP contribution in [-0.4, -0.2) is 15.7 Å². The Kier molecular flexibility index (Phi) is 2.62. The third-order valence-corrected chi connectivity index (χ3v) is 2.54.